The zero-order valence-electron chi connectivity index (χ0n) is 14.8. The van der Waals surface area contributed by atoms with E-state index in [1.54, 1.807) is 24.1 Å². The molecule has 0 aromatic rings. The molecule has 1 rings (SSSR count). The summed E-state index contributed by atoms with van der Waals surface area (Å²) in [5, 5.41) is 4.17. The van der Waals surface area contributed by atoms with E-state index in [2.05, 4.69) is 5.32 Å². The van der Waals surface area contributed by atoms with Gasteiger partial charge in [-0.25, -0.2) is 0 Å². The van der Waals surface area contributed by atoms with Crippen LogP contribution in [0.2, 0.25) is 0 Å². The number of halogens is 3. The molecular formula is C16H26F3N3O3. The third-order valence-corrected chi connectivity index (χ3v) is 4.44. The van der Waals surface area contributed by atoms with E-state index in [1.165, 1.54) is 6.92 Å². The Morgan fingerprint density at radius 1 is 1.04 bits per heavy atom. The minimum absolute atomic E-state index is 0.266. The van der Waals surface area contributed by atoms with Crippen LogP contribution in [0.15, 0.2) is 0 Å². The number of alkyl halides is 3. The Morgan fingerprint density at radius 3 is 2.08 bits per heavy atom. The minimum Gasteiger partial charge on any atom is -0.343 e. The predicted octanol–water partition coefficient (Wildman–Crippen LogP) is 1.60. The number of nitrogens with one attached hydrogen (secondary N) is 2. The number of nitrogens with zero attached hydrogens (tertiary/aromatic N) is 1. The summed E-state index contributed by atoms with van der Waals surface area (Å²) in [6, 6.07) is -2.21. The van der Waals surface area contributed by atoms with Gasteiger partial charge in [0.2, 0.25) is 11.8 Å². The van der Waals surface area contributed by atoms with Crippen molar-refractivity contribution in [2.24, 2.45) is 5.92 Å². The molecule has 3 amide bonds. The van der Waals surface area contributed by atoms with Crippen molar-refractivity contribution in [1.29, 1.82) is 0 Å². The molecule has 0 spiro atoms. The number of hydrogen-bond donors (Lipinski definition) is 2. The summed E-state index contributed by atoms with van der Waals surface area (Å²) in [6.07, 6.45) is -1.84. The van der Waals surface area contributed by atoms with Gasteiger partial charge in [0.15, 0.2) is 0 Å². The molecule has 25 heavy (non-hydrogen) atoms. The topological polar surface area (TPSA) is 78.5 Å². The van der Waals surface area contributed by atoms with Gasteiger partial charge < -0.3 is 15.5 Å². The van der Waals surface area contributed by atoms with E-state index in [0.717, 1.165) is 19.3 Å². The second-order valence-electron chi connectivity index (χ2n) is 6.45. The van der Waals surface area contributed by atoms with Crippen molar-refractivity contribution in [1.82, 2.24) is 15.5 Å². The Hall–Kier alpha value is -1.80. The summed E-state index contributed by atoms with van der Waals surface area (Å²) in [6.45, 7) is 5.98. The lowest BCUT2D eigenvalue weighted by molar-refractivity contribution is -0.175. The molecule has 1 fully saturated rings. The number of likely N-dealkylation sites (tertiary alicyclic amines) is 1. The molecular weight excluding hydrogens is 339 g/mol. The Morgan fingerprint density at radius 2 is 1.60 bits per heavy atom. The number of carbonyl (C=O) groups is 3. The van der Waals surface area contributed by atoms with Crippen molar-refractivity contribution < 1.29 is 27.6 Å². The molecule has 0 saturated carbocycles. The van der Waals surface area contributed by atoms with E-state index < -0.39 is 36.0 Å². The summed E-state index contributed by atoms with van der Waals surface area (Å²) in [5.41, 5.74) is 0. The van der Waals surface area contributed by atoms with Crippen LogP contribution in [0.4, 0.5) is 13.2 Å². The highest BCUT2D eigenvalue weighted by atomic mass is 19.4. The molecule has 2 N–H and O–H groups in total. The van der Waals surface area contributed by atoms with Gasteiger partial charge in [0, 0.05) is 13.1 Å². The van der Waals surface area contributed by atoms with Crippen molar-refractivity contribution in [3.05, 3.63) is 0 Å². The van der Waals surface area contributed by atoms with E-state index in [9.17, 15) is 27.6 Å². The van der Waals surface area contributed by atoms with Crippen molar-refractivity contribution in [2.45, 2.75) is 64.7 Å². The molecule has 1 heterocycles. The smallest absolute Gasteiger partial charge is 0.343 e. The van der Waals surface area contributed by atoms with Crippen LogP contribution in [-0.4, -0.2) is 54.0 Å². The van der Waals surface area contributed by atoms with Gasteiger partial charge in [0.1, 0.15) is 12.1 Å². The average Bonchev–Trinajstić information content (AvgIpc) is 2.57. The Balaban J connectivity index is 2.73. The fourth-order valence-electron chi connectivity index (χ4n) is 2.68. The molecule has 6 nitrogen and oxygen atoms in total. The van der Waals surface area contributed by atoms with E-state index in [4.69, 9.17) is 0 Å². The zero-order chi connectivity index (χ0) is 19.2. The van der Waals surface area contributed by atoms with Crippen LogP contribution < -0.4 is 10.6 Å². The summed E-state index contributed by atoms with van der Waals surface area (Å²) in [5.74, 6) is -3.73. The third-order valence-electron chi connectivity index (χ3n) is 4.44. The molecule has 9 heteroatoms. The van der Waals surface area contributed by atoms with Gasteiger partial charge in [-0.2, -0.15) is 13.2 Å². The molecule has 1 aliphatic rings. The quantitative estimate of drug-likeness (QED) is 0.750. The second-order valence-corrected chi connectivity index (χ2v) is 6.45. The van der Waals surface area contributed by atoms with Gasteiger partial charge >= 0.3 is 12.1 Å². The van der Waals surface area contributed by atoms with Crippen LogP contribution in [0.1, 0.15) is 46.5 Å². The highest BCUT2D eigenvalue weighted by molar-refractivity contribution is 5.93. The number of hydrogen-bond acceptors (Lipinski definition) is 3. The van der Waals surface area contributed by atoms with Crippen molar-refractivity contribution in [3.8, 4) is 0 Å². The SMILES string of the molecule is CC[C@H](C)[C@H](NC(=O)C(F)(F)F)C(=O)NC(C)C(=O)N1CCCCC1. The largest absolute Gasteiger partial charge is 0.471 e. The number of rotatable bonds is 6. The standard InChI is InChI=1S/C16H26F3N3O3/c1-4-10(2)12(21-15(25)16(17,18)19)13(23)20-11(3)14(24)22-8-6-5-7-9-22/h10-12H,4-9H2,1-3H3,(H,20,23)(H,21,25)/t10-,11?,12-/m0/s1. The summed E-state index contributed by atoms with van der Waals surface area (Å²) in [7, 11) is 0. The highest BCUT2D eigenvalue weighted by Gasteiger charge is 2.42. The molecule has 144 valence electrons. The fraction of sp³-hybridized carbons (Fsp3) is 0.812. The maximum atomic E-state index is 12.5. The van der Waals surface area contributed by atoms with Gasteiger partial charge in [-0.1, -0.05) is 20.3 Å². The Kier molecular flexibility index (Phi) is 7.69. The first-order valence-corrected chi connectivity index (χ1v) is 8.54. The number of piperidine rings is 1. The first-order chi connectivity index (χ1) is 11.6. The van der Waals surface area contributed by atoms with Crippen molar-refractivity contribution in [3.63, 3.8) is 0 Å². The van der Waals surface area contributed by atoms with Crippen LogP contribution in [-0.2, 0) is 14.4 Å². The minimum atomic E-state index is -5.07. The average molecular weight is 365 g/mol. The van der Waals surface area contributed by atoms with Crippen LogP contribution in [0, 0.1) is 5.92 Å². The molecule has 1 aliphatic heterocycles. The van der Waals surface area contributed by atoms with Gasteiger partial charge in [-0.3, -0.25) is 14.4 Å². The Labute approximate surface area is 145 Å². The van der Waals surface area contributed by atoms with Crippen LogP contribution in [0.25, 0.3) is 0 Å². The molecule has 1 saturated heterocycles. The second kappa shape index (κ2) is 9.05. The lowest BCUT2D eigenvalue weighted by Gasteiger charge is -2.31. The van der Waals surface area contributed by atoms with Crippen LogP contribution in [0.3, 0.4) is 0 Å². The van der Waals surface area contributed by atoms with Gasteiger partial charge in [0.25, 0.3) is 0 Å². The monoisotopic (exact) mass is 365 g/mol. The number of carbonyl (C=O) groups excluding carboxylic acids is 3. The molecule has 1 unspecified atom stereocenters. The van der Waals surface area contributed by atoms with E-state index in [1.807, 2.05) is 0 Å². The first-order valence-electron chi connectivity index (χ1n) is 8.54. The van der Waals surface area contributed by atoms with Gasteiger partial charge in [0.05, 0.1) is 0 Å². The van der Waals surface area contributed by atoms with Crippen molar-refractivity contribution in [2.75, 3.05) is 13.1 Å². The molecule has 0 bridgehead atoms. The van der Waals surface area contributed by atoms with Gasteiger partial charge in [-0.15, -0.1) is 0 Å². The summed E-state index contributed by atoms with van der Waals surface area (Å²) >= 11 is 0. The zero-order valence-corrected chi connectivity index (χ0v) is 14.8. The summed E-state index contributed by atoms with van der Waals surface area (Å²) in [4.78, 5) is 37.5. The van der Waals surface area contributed by atoms with E-state index >= 15 is 0 Å². The van der Waals surface area contributed by atoms with Crippen molar-refractivity contribution >= 4 is 17.7 Å². The van der Waals surface area contributed by atoms with Gasteiger partial charge in [-0.05, 0) is 32.1 Å². The third kappa shape index (κ3) is 6.21. The van der Waals surface area contributed by atoms with E-state index in [-0.39, 0.29) is 5.91 Å². The highest BCUT2D eigenvalue weighted by Crippen LogP contribution is 2.17. The normalized spacial score (nSPS) is 18.9. The first kappa shape index (κ1) is 21.2. The Bertz CT molecular complexity index is 491. The maximum absolute atomic E-state index is 12.5. The lowest BCUT2D eigenvalue weighted by atomic mass is 9.98. The van der Waals surface area contributed by atoms with Crippen LogP contribution >= 0.6 is 0 Å². The molecule has 0 aromatic carbocycles. The molecule has 3 atom stereocenters. The predicted molar refractivity (Wildman–Crippen MR) is 85.5 cm³/mol. The summed E-state index contributed by atoms with van der Waals surface area (Å²) < 4.78 is 37.4. The van der Waals surface area contributed by atoms with Crippen LogP contribution in [0.5, 0.6) is 0 Å². The molecule has 0 aromatic heterocycles. The lowest BCUT2D eigenvalue weighted by Crippen LogP contribution is -2.57. The fourth-order valence-corrected chi connectivity index (χ4v) is 2.68. The maximum Gasteiger partial charge on any atom is 0.471 e. The number of amides is 3. The van der Waals surface area contributed by atoms with E-state index in [0.29, 0.717) is 19.5 Å². The molecule has 0 radical (unpaired) electrons. The molecule has 0 aliphatic carbocycles.